The lowest BCUT2D eigenvalue weighted by Gasteiger charge is -2.55. The molecule has 5 nitrogen and oxygen atoms in total. The Kier molecular flexibility index (Phi) is 4.41. The number of aryl methyl sites for hydroxylation is 1. The van der Waals surface area contributed by atoms with Gasteiger partial charge in [-0.15, -0.1) is 11.3 Å². The average Bonchev–Trinajstić information content (AvgIpc) is 3.26. The minimum atomic E-state index is -0.116. The number of rotatable bonds is 5. The molecule has 1 aromatic rings. The Labute approximate surface area is 148 Å². The Hall–Kier alpha value is -0.950. The SMILES string of the molecule is CNC(=O)[C@@H]1COC2(CN(Cc3ccc(C)s3)C2)CN1CC1CC1. The van der Waals surface area contributed by atoms with Gasteiger partial charge in [0.25, 0.3) is 0 Å². The van der Waals surface area contributed by atoms with E-state index in [1.54, 1.807) is 7.05 Å². The molecule has 1 amide bonds. The van der Waals surface area contributed by atoms with E-state index in [9.17, 15) is 4.79 Å². The van der Waals surface area contributed by atoms with Crippen LogP contribution in [0.2, 0.25) is 0 Å². The Balaban J connectivity index is 1.36. The maximum atomic E-state index is 12.2. The first-order valence-electron chi connectivity index (χ1n) is 8.94. The van der Waals surface area contributed by atoms with Gasteiger partial charge in [-0.25, -0.2) is 0 Å². The largest absolute Gasteiger partial charge is 0.369 e. The minimum Gasteiger partial charge on any atom is -0.369 e. The van der Waals surface area contributed by atoms with Crippen LogP contribution >= 0.6 is 11.3 Å². The average molecular weight is 350 g/mol. The number of ether oxygens (including phenoxy) is 1. The summed E-state index contributed by atoms with van der Waals surface area (Å²) in [5.74, 6) is 0.883. The molecule has 1 aromatic heterocycles. The van der Waals surface area contributed by atoms with Crippen molar-refractivity contribution in [3.8, 4) is 0 Å². The van der Waals surface area contributed by atoms with E-state index in [0.29, 0.717) is 6.61 Å². The van der Waals surface area contributed by atoms with Gasteiger partial charge < -0.3 is 10.1 Å². The monoisotopic (exact) mass is 349 g/mol. The smallest absolute Gasteiger partial charge is 0.239 e. The van der Waals surface area contributed by atoms with Crippen LogP contribution in [-0.4, -0.2) is 67.2 Å². The number of amides is 1. The summed E-state index contributed by atoms with van der Waals surface area (Å²) in [4.78, 5) is 19.8. The molecule has 0 bridgehead atoms. The van der Waals surface area contributed by atoms with Gasteiger partial charge in [0.15, 0.2) is 0 Å². The predicted molar refractivity (Wildman–Crippen MR) is 95.2 cm³/mol. The number of nitrogens with zero attached hydrogens (tertiary/aromatic N) is 2. The van der Waals surface area contributed by atoms with Crippen molar-refractivity contribution in [3.63, 3.8) is 0 Å². The van der Waals surface area contributed by atoms with Crippen LogP contribution in [0.4, 0.5) is 0 Å². The third kappa shape index (κ3) is 3.38. The molecule has 0 aromatic carbocycles. The number of hydrogen-bond acceptors (Lipinski definition) is 5. The summed E-state index contributed by atoms with van der Waals surface area (Å²) in [6, 6.07) is 4.31. The third-order valence-corrected chi connectivity index (χ3v) is 6.40. The second-order valence-electron chi connectivity index (χ2n) is 7.65. The number of carbonyl (C=O) groups excluding carboxylic acids is 1. The molecule has 0 unspecified atom stereocenters. The highest BCUT2D eigenvalue weighted by atomic mass is 32.1. The van der Waals surface area contributed by atoms with Gasteiger partial charge >= 0.3 is 0 Å². The van der Waals surface area contributed by atoms with E-state index < -0.39 is 0 Å². The number of carbonyl (C=O) groups is 1. The van der Waals surface area contributed by atoms with E-state index in [-0.39, 0.29) is 17.6 Å². The molecule has 1 aliphatic carbocycles. The standard InChI is InChI=1S/C18H27N3O2S/c1-13-3-6-15(24-13)8-20-10-18(11-20)12-21(7-14-4-5-14)16(9-23-18)17(22)19-2/h3,6,14,16H,4-5,7-12H2,1-2H3,(H,19,22)/t16-/m0/s1. The molecule has 2 saturated heterocycles. The Bertz CT molecular complexity index is 607. The molecule has 3 heterocycles. The summed E-state index contributed by atoms with van der Waals surface area (Å²) < 4.78 is 6.20. The first-order valence-corrected chi connectivity index (χ1v) is 9.76. The van der Waals surface area contributed by atoms with E-state index in [1.807, 2.05) is 11.3 Å². The van der Waals surface area contributed by atoms with Crippen LogP contribution in [0, 0.1) is 12.8 Å². The summed E-state index contributed by atoms with van der Waals surface area (Å²) in [7, 11) is 1.72. The molecule has 3 aliphatic rings. The molecule has 1 saturated carbocycles. The zero-order valence-corrected chi connectivity index (χ0v) is 15.4. The molecule has 3 fully saturated rings. The zero-order chi connectivity index (χ0) is 16.7. The fourth-order valence-corrected chi connectivity index (χ4v) is 4.91. The fourth-order valence-electron chi connectivity index (χ4n) is 3.98. The van der Waals surface area contributed by atoms with E-state index in [1.165, 1.54) is 22.6 Å². The number of likely N-dealkylation sites (N-methyl/N-ethyl adjacent to an activating group) is 1. The van der Waals surface area contributed by atoms with Gasteiger partial charge in [-0.1, -0.05) is 0 Å². The van der Waals surface area contributed by atoms with Gasteiger partial charge in [0.1, 0.15) is 11.6 Å². The van der Waals surface area contributed by atoms with Crippen molar-refractivity contribution < 1.29 is 9.53 Å². The summed E-state index contributed by atoms with van der Waals surface area (Å²) in [5, 5.41) is 2.80. The van der Waals surface area contributed by atoms with Crippen LogP contribution in [0.3, 0.4) is 0 Å². The number of nitrogens with one attached hydrogen (secondary N) is 1. The lowest BCUT2D eigenvalue weighted by Crippen LogP contribution is -2.72. The van der Waals surface area contributed by atoms with Crippen molar-refractivity contribution in [3.05, 3.63) is 21.9 Å². The first kappa shape index (κ1) is 16.5. The summed E-state index contributed by atoms with van der Waals surface area (Å²) in [6.07, 6.45) is 2.63. The molecule has 4 rings (SSSR count). The van der Waals surface area contributed by atoms with Crippen molar-refractivity contribution in [2.45, 2.75) is 38.0 Å². The van der Waals surface area contributed by atoms with Crippen LogP contribution in [0.1, 0.15) is 22.6 Å². The molecular weight excluding hydrogens is 322 g/mol. The predicted octanol–water partition coefficient (Wildman–Crippen LogP) is 1.47. The molecular formula is C18H27N3O2S. The molecule has 1 atom stereocenters. The molecule has 24 heavy (non-hydrogen) atoms. The Morgan fingerprint density at radius 1 is 1.38 bits per heavy atom. The van der Waals surface area contributed by atoms with Crippen LogP contribution in [0.5, 0.6) is 0 Å². The quantitative estimate of drug-likeness (QED) is 0.874. The van der Waals surface area contributed by atoms with Gasteiger partial charge in [0.05, 0.1) is 6.61 Å². The van der Waals surface area contributed by atoms with E-state index in [0.717, 1.165) is 38.6 Å². The Morgan fingerprint density at radius 2 is 2.17 bits per heavy atom. The normalized spacial score (nSPS) is 27.2. The van der Waals surface area contributed by atoms with Gasteiger partial charge in [0.2, 0.25) is 5.91 Å². The second-order valence-corrected chi connectivity index (χ2v) is 9.03. The molecule has 1 spiro atoms. The maximum Gasteiger partial charge on any atom is 0.239 e. The highest BCUT2D eigenvalue weighted by Crippen LogP contribution is 2.36. The van der Waals surface area contributed by atoms with E-state index in [4.69, 9.17) is 4.74 Å². The summed E-state index contributed by atoms with van der Waals surface area (Å²) in [5.41, 5.74) is -0.0638. The van der Waals surface area contributed by atoms with Gasteiger partial charge in [-0.2, -0.15) is 0 Å². The Morgan fingerprint density at radius 3 is 2.79 bits per heavy atom. The van der Waals surface area contributed by atoms with Crippen molar-refractivity contribution in [2.75, 3.05) is 39.8 Å². The summed E-state index contributed by atoms with van der Waals surface area (Å²) >= 11 is 1.88. The summed E-state index contributed by atoms with van der Waals surface area (Å²) in [6.45, 7) is 7.60. The molecule has 132 valence electrons. The van der Waals surface area contributed by atoms with Crippen LogP contribution in [0.15, 0.2) is 12.1 Å². The van der Waals surface area contributed by atoms with Crippen LogP contribution < -0.4 is 5.32 Å². The van der Waals surface area contributed by atoms with Gasteiger partial charge in [0, 0.05) is 49.5 Å². The van der Waals surface area contributed by atoms with Crippen molar-refractivity contribution in [1.29, 1.82) is 0 Å². The maximum absolute atomic E-state index is 12.2. The number of hydrogen-bond donors (Lipinski definition) is 1. The zero-order valence-electron chi connectivity index (χ0n) is 14.6. The van der Waals surface area contributed by atoms with Gasteiger partial charge in [-0.3, -0.25) is 14.6 Å². The molecule has 2 aliphatic heterocycles. The lowest BCUT2D eigenvalue weighted by atomic mass is 9.90. The van der Waals surface area contributed by atoms with Crippen LogP contribution in [-0.2, 0) is 16.1 Å². The van der Waals surface area contributed by atoms with Crippen molar-refractivity contribution in [2.24, 2.45) is 5.92 Å². The molecule has 0 radical (unpaired) electrons. The van der Waals surface area contributed by atoms with Crippen molar-refractivity contribution in [1.82, 2.24) is 15.1 Å². The van der Waals surface area contributed by atoms with Crippen molar-refractivity contribution >= 4 is 17.2 Å². The van der Waals surface area contributed by atoms with E-state index >= 15 is 0 Å². The first-order chi connectivity index (χ1) is 11.6. The third-order valence-electron chi connectivity index (χ3n) is 5.42. The second kappa shape index (κ2) is 6.41. The molecule has 1 N–H and O–H groups in total. The topological polar surface area (TPSA) is 44.8 Å². The van der Waals surface area contributed by atoms with Gasteiger partial charge in [-0.05, 0) is 37.8 Å². The highest BCUT2D eigenvalue weighted by Gasteiger charge is 2.50. The number of thiophene rings is 1. The van der Waals surface area contributed by atoms with Crippen LogP contribution in [0.25, 0.3) is 0 Å². The highest BCUT2D eigenvalue weighted by molar-refractivity contribution is 7.11. The number of morpholine rings is 1. The fraction of sp³-hybridized carbons (Fsp3) is 0.722. The van der Waals surface area contributed by atoms with E-state index in [2.05, 4.69) is 34.2 Å². The number of likely N-dealkylation sites (tertiary alicyclic amines) is 1. The minimum absolute atomic E-state index is 0.0638. The lowest BCUT2D eigenvalue weighted by molar-refractivity contribution is -0.202. The molecule has 6 heteroatoms.